The average molecular weight is 323 g/mol. The van der Waals surface area contributed by atoms with Crippen molar-refractivity contribution in [1.29, 1.82) is 0 Å². The highest BCUT2D eigenvalue weighted by Gasteiger charge is 2.31. The Kier molecular flexibility index (Phi) is 4.94. The quantitative estimate of drug-likeness (QED) is 0.919. The van der Waals surface area contributed by atoms with Crippen molar-refractivity contribution in [1.82, 2.24) is 4.90 Å². The van der Waals surface area contributed by atoms with Crippen molar-refractivity contribution in [3.8, 4) is 0 Å². The number of hydrogen-bond acceptors (Lipinski definition) is 2. The molecule has 0 saturated carbocycles. The number of benzene rings is 2. The number of nitrogens with zero attached hydrogens (tertiary/aromatic N) is 1. The van der Waals surface area contributed by atoms with Crippen molar-refractivity contribution < 1.29 is 14.7 Å². The maximum atomic E-state index is 12.5. The van der Waals surface area contributed by atoms with E-state index in [-0.39, 0.29) is 12.5 Å². The number of carbonyl (C=O) groups excluding carboxylic acids is 1. The first-order valence-electron chi connectivity index (χ1n) is 8.27. The monoisotopic (exact) mass is 323 g/mol. The van der Waals surface area contributed by atoms with Crippen molar-refractivity contribution in [2.24, 2.45) is 0 Å². The van der Waals surface area contributed by atoms with E-state index in [4.69, 9.17) is 0 Å². The first-order valence-corrected chi connectivity index (χ1v) is 8.27. The van der Waals surface area contributed by atoms with Crippen molar-refractivity contribution in [2.75, 3.05) is 6.54 Å². The molecule has 1 heterocycles. The summed E-state index contributed by atoms with van der Waals surface area (Å²) in [7, 11) is 0. The SMILES string of the molecule is O=C(O)C1CN(C(=O)CCCc2ccccc2)Cc2ccccc21. The number of rotatable bonds is 5. The predicted molar refractivity (Wildman–Crippen MR) is 91.6 cm³/mol. The molecular weight excluding hydrogens is 302 g/mol. The fourth-order valence-corrected chi connectivity index (χ4v) is 3.25. The van der Waals surface area contributed by atoms with E-state index in [9.17, 15) is 14.7 Å². The Balaban J connectivity index is 1.62. The van der Waals surface area contributed by atoms with Gasteiger partial charge in [-0.1, -0.05) is 54.6 Å². The van der Waals surface area contributed by atoms with Crippen LogP contribution in [-0.2, 0) is 22.6 Å². The van der Waals surface area contributed by atoms with E-state index in [1.54, 1.807) is 4.90 Å². The summed E-state index contributed by atoms with van der Waals surface area (Å²) in [5.41, 5.74) is 2.99. The van der Waals surface area contributed by atoms with Gasteiger partial charge in [0.2, 0.25) is 5.91 Å². The molecule has 0 aliphatic carbocycles. The lowest BCUT2D eigenvalue weighted by atomic mass is 9.89. The lowest BCUT2D eigenvalue weighted by molar-refractivity contribution is -0.141. The van der Waals surface area contributed by atoms with Gasteiger partial charge in [-0.15, -0.1) is 0 Å². The zero-order valence-electron chi connectivity index (χ0n) is 13.5. The summed E-state index contributed by atoms with van der Waals surface area (Å²) in [6, 6.07) is 17.6. The lowest BCUT2D eigenvalue weighted by Gasteiger charge is -2.33. The summed E-state index contributed by atoms with van der Waals surface area (Å²) in [4.78, 5) is 25.7. The second-order valence-corrected chi connectivity index (χ2v) is 6.20. The first kappa shape index (κ1) is 16.2. The zero-order chi connectivity index (χ0) is 16.9. The van der Waals surface area contributed by atoms with Gasteiger partial charge in [-0.2, -0.15) is 0 Å². The van der Waals surface area contributed by atoms with Crippen molar-refractivity contribution in [2.45, 2.75) is 31.7 Å². The molecule has 1 unspecified atom stereocenters. The molecule has 1 atom stereocenters. The first-order chi connectivity index (χ1) is 11.6. The second kappa shape index (κ2) is 7.30. The highest BCUT2D eigenvalue weighted by atomic mass is 16.4. The number of carbonyl (C=O) groups is 2. The molecule has 0 fully saturated rings. The Hall–Kier alpha value is -2.62. The third kappa shape index (κ3) is 3.65. The molecule has 1 N–H and O–H groups in total. The van der Waals surface area contributed by atoms with Crippen LogP contribution in [0, 0.1) is 0 Å². The molecule has 3 rings (SSSR count). The van der Waals surface area contributed by atoms with E-state index < -0.39 is 11.9 Å². The van der Waals surface area contributed by atoms with Gasteiger partial charge >= 0.3 is 5.97 Å². The summed E-state index contributed by atoms with van der Waals surface area (Å²) in [6.07, 6.45) is 2.08. The molecule has 124 valence electrons. The average Bonchev–Trinajstić information content (AvgIpc) is 2.61. The number of fused-ring (bicyclic) bond motifs is 1. The van der Waals surface area contributed by atoms with Crippen LogP contribution in [0.25, 0.3) is 0 Å². The van der Waals surface area contributed by atoms with Gasteiger partial charge in [0.15, 0.2) is 0 Å². The van der Waals surface area contributed by atoms with Crippen LogP contribution in [0.2, 0.25) is 0 Å². The van der Waals surface area contributed by atoms with E-state index in [0.717, 1.165) is 24.0 Å². The number of aryl methyl sites for hydroxylation is 1. The van der Waals surface area contributed by atoms with E-state index in [1.165, 1.54) is 5.56 Å². The van der Waals surface area contributed by atoms with Crippen LogP contribution in [0.4, 0.5) is 0 Å². The van der Waals surface area contributed by atoms with Crippen molar-refractivity contribution in [3.63, 3.8) is 0 Å². The topological polar surface area (TPSA) is 57.6 Å². The normalized spacial score (nSPS) is 16.5. The van der Waals surface area contributed by atoms with Crippen LogP contribution in [0.15, 0.2) is 54.6 Å². The van der Waals surface area contributed by atoms with Crippen LogP contribution in [-0.4, -0.2) is 28.4 Å². The molecule has 2 aromatic rings. The third-order valence-corrected chi connectivity index (χ3v) is 4.54. The highest BCUT2D eigenvalue weighted by Crippen LogP contribution is 2.29. The molecule has 0 saturated heterocycles. The van der Waals surface area contributed by atoms with Crippen LogP contribution in [0.1, 0.15) is 35.4 Å². The van der Waals surface area contributed by atoms with Gasteiger partial charge in [0.05, 0.1) is 5.92 Å². The van der Waals surface area contributed by atoms with Gasteiger partial charge in [0.25, 0.3) is 0 Å². The number of carboxylic acids is 1. The minimum atomic E-state index is -0.871. The Morgan fingerprint density at radius 3 is 2.50 bits per heavy atom. The summed E-state index contributed by atoms with van der Waals surface area (Å²) in [5, 5.41) is 9.47. The minimum Gasteiger partial charge on any atom is -0.481 e. The maximum absolute atomic E-state index is 12.5. The molecule has 1 aliphatic rings. The van der Waals surface area contributed by atoms with Gasteiger partial charge in [0.1, 0.15) is 0 Å². The fourth-order valence-electron chi connectivity index (χ4n) is 3.25. The van der Waals surface area contributed by atoms with Crippen LogP contribution in [0.3, 0.4) is 0 Å². The van der Waals surface area contributed by atoms with Crippen LogP contribution in [0.5, 0.6) is 0 Å². The molecule has 1 aliphatic heterocycles. The molecular formula is C20H21NO3. The number of amides is 1. The molecule has 4 nitrogen and oxygen atoms in total. The standard InChI is InChI=1S/C20H21NO3/c22-19(12-6-9-15-7-2-1-3-8-15)21-13-16-10-4-5-11-17(16)18(14-21)20(23)24/h1-5,7-8,10-11,18H,6,9,12-14H2,(H,23,24). The van der Waals surface area contributed by atoms with Gasteiger partial charge in [-0.05, 0) is 29.5 Å². The van der Waals surface area contributed by atoms with E-state index >= 15 is 0 Å². The third-order valence-electron chi connectivity index (χ3n) is 4.54. The molecule has 0 bridgehead atoms. The summed E-state index contributed by atoms with van der Waals surface area (Å²) in [6.45, 7) is 0.765. The Labute approximate surface area is 141 Å². The molecule has 0 aromatic heterocycles. The van der Waals surface area contributed by atoms with E-state index in [0.29, 0.717) is 13.0 Å². The Morgan fingerprint density at radius 1 is 1.04 bits per heavy atom. The van der Waals surface area contributed by atoms with E-state index in [1.807, 2.05) is 42.5 Å². The smallest absolute Gasteiger partial charge is 0.312 e. The van der Waals surface area contributed by atoms with Gasteiger partial charge in [-0.3, -0.25) is 9.59 Å². The Bertz CT molecular complexity index is 727. The van der Waals surface area contributed by atoms with Gasteiger partial charge in [0, 0.05) is 19.5 Å². The summed E-state index contributed by atoms with van der Waals surface area (Å²) < 4.78 is 0. The van der Waals surface area contributed by atoms with Crippen LogP contribution < -0.4 is 0 Å². The second-order valence-electron chi connectivity index (χ2n) is 6.20. The van der Waals surface area contributed by atoms with E-state index in [2.05, 4.69) is 12.1 Å². The number of hydrogen-bond donors (Lipinski definition) is 1. The van der Waals surface area contributed by atoms with Gasteiger partial charge < -0.3 is 10.0 Å². The molecule has 2 aromatic carbocycles. The maximum Gasteiger partial charge on any atom is 0.312 e. The minimum absolute atomic E-state index is 0.0340. The number of aliphatic carboxylic acids is 1. The van der Waals surface area contributed by atoms with Crippen molar-refractivity contribution >= 4 is 11.9 Å². The Morgan fingerprint density at radius 2 is 1.75 bits per heavy atom. The predicted octanol–water partition coefficient (Wildman–Crippen LogP) is 3.22. The number of carboxylic acid groups (broad SMARTS) is 1. The highest BCUT2D eigenvalue weighted by molar-refractivity contribution is 5.81. The summed E-state index contributed by atoms with van der Waals surface area (Å²) >= 11 is 0. The molecule has 1 amide bonds. The zero-order valence-corrected chi connectivity index (χ0v) is 13.5. The van der Waals surface area contributed by atoms with Crippen LogP contribution >= 0.6 is 0 Å². The molecule has 0 spiro atoms. The fraction of sp³-hybridized carbons (Fsp3) is 0.300. The molecule has 4 heteroatoms. The summed E-state index contributed by atoms with van der Waals surface area (Å²) in [5.74, 6) is -1.47. The van der Waals surface area contributed by atoms with Gasteiger partial charge in [-0.25, -0.2) is 0 Å². The molecule has 24 heavy (non-hydrogen) atoms. The largest absolute Gasteiger partial charge is 0.481 e. The van der Waals surface area contributed by atoms with Crippen molar-refractivity contribution in [3.05, 3.63) is 71.3 Å². The lowest BCUT2D eigenvalue weighted by Crippen LogP contribution is -2.40. The molecule has 0 radical (unpaired) electrons.